The molecule has 0 aromatic heterocycles. The molecule has 0 bridgehead atoms. The van der Waals surface area contributed by atoms with Crippen molar-refractivity contribution in [3.8, 4) is 5.75 Å². The lowest BCUT2D eigenvalue weighted by molar-refractivity contribution is -0.142. The van der Waals surface area contributed by atoms with Crippen LogP contribution in [0.15, 0.2) is 53.0 Å². The van der Waals surface area contributed by atoms with Gasteiger partial charge in [0.15, 0.2) is 6.61 Å². The number of hydrogen-bond donors (Lipinski definition) is 1. The molecular formula is C27H35BrN2O3. The van der Waals surface area contributed by atoms with Crippen LogP contribution in [-0.4, -0.2) is 35.4 Å². The number of ether oxygens (including phenoxy) is 1. The highest BCUT2D eigenvalue weighted by molar-refractivity contribution is 9.10. The first-order chi connectivity index (χ1) is 15.8. The number of hydrogen-bond acceptors (Lipinski definition) is 3. The number of nitrogens with zero attached hydrogens (tertiary/aromatic N) is 1. The molecule has 2 amide bonds. The van der Waals surface area contributed by atoms with Gasteiger partial charge in [0.05, 0.1) is 4.47 Å². The van der Waals surface area contributed by atoms with Gasteiger partial charge in [-0.15, -0.1) is 0 Å². The highest BCUT2D eigenvalue weighted by Crippen LogP contribution is 2.29. The molecule has 178 valence electrons. The number of carbonyl (C=O) groups excluding carboxylic acids is 2. The predicted molar refractivity (Wildman–Crippen MR) is 135 cm³/mol. The fourth-order valence-corrected chi connectivity index (χ4v) is 4.66. The molecule has 0 heterocycles. The summed E-state index contributed by atoms with van der Waals surface area (Å²) in [5.74, 6) is 0.701. The smallest absolute Gasteiger partial charge is 0.261 e. The van der Waals surface area contributed by atoms with Gasteiger partial charge in [-0.2, -0.15) is 0 Å². The zero-order valence-electron chi connectivity index (χ0n) is 19.9. The zero-order valence-corrected chi connectivity index (χ0v) is 21.4. The molecule has 0 radical (unpaired) electrons. The van der Waals surface area contributed by atoms with Crippen molar-refractivity contribution < 1.29 is 14.3 Å². The Hall–Kier alpha value is -2.34. The Balaban J connectivity index is 1.69. The number of rotatable bonds is 9. The van der Waals surface area contributed by atoms with Crippen molar-refractivity contribution in [1.82, 2.24) is 10.2 Å². The second-order valence-electron chi connectivity index (χ2n) is 9.16. The molecule has 2 aromatic carbocycles. The van der Waals surface area contributed by atoms with Crippen molar-refractivity contribution in [3.63, 3.8) is 0 Å². The zero-order chi connectivity index (χ0) is 23.8. The summed E-state index contributed by atoms with van der Waals surface area (Å²) in [6.07, 6.45) is 5.53. The van der Waals surface area contributed by atoms with Crippen LogP contribution in [-0.2, 0) is 16.1 Å². The van der Waals surface area contributed by atoms with Crippen LogP contribution in [0.2, 0.25) is 0 Å². The van der Waals surface area contributed by atoms with Crippen LogP contribution in [0.25, 0.3) is 0 Å². The van der Waals surface area contributed by atoms with Gasteiger partial charge in [0.2, 0.25) is 5.91 Å². The van der Waals surface area contributed by atoms with E-state index in [0.717, 1.165) is 35.7 Å². The normalized spacial score (nSPS) is 15.2. The van der Waals surface area contributed by atoms with Crippen LogP contribution in [0.3, 0.4) is 0 Å². The van der Waals surface area contributed by atoms with Crippen molar-refractivity contribution in [2.45, 2.75) is 77.4 Å². The highest BCUT2D eigenvalue weighted by Gasteiger charge is 2.28. The number of benzene rings is 2. The van der Waals surface area contributed by atoms with Gasteiger partial charge in [0.25, 0.3) is 5.91 Å². The van der Waals surface area contributed by atoms with E-state index in [-0.39, 0.29) is 24.5 Å². The van der Waals surface area contributed by atoms with E-state index >= 15 is 0 Å². The van der Waals surface area contributed by atoms with Gasteiger partial charge in [0.1, 0.15) is 11.8 Å². The molecule has 33 heavy (non-hydrogen) atoms. The van der Waals surface area contributed by atoms with E-state index in [4.69, 9.17) is 4.74 Å². The Bertz CT molecular complexity index is 926. The largest absolute Gasteiger partial charge is 0.483 e. The lowest BCUT2D eigenvalue weighted by atomic mass is 9.95. The first-order valence-corrected chi connectivity index (χ1v) is 12.7. The Kier molecular flexibility index (Phi) is 9.36. The van der Waals surface area contributed by atoms with Gasteiger partial charge in [0, 0.05) is 12.6 Å². The van der Waals surface area contributed by atoms with Gasteiger partial charge in [-0.1, -0.05) is 69.5 Å². The van der Waals surface area contributed by atoms with Crippen LogP contribution in [0.1, 0.15) is 69.9 Å². The molecule has 1 N–H and O–H groups in total. The van der Waals surface area contributed by atoms with E-state index in [2.05, 4.69) is 35.1 Å². The van der Waals surface area contributed by atoms with E-state index in [0.29, 0.717) is 18.2 Å². The summed E-state index contributed by atoms with van der Waals surface area (Å²) in [5.41, 5.74) is 2.17. The minimum Gasteiger partial charge on any atom is -0.483 e. The quantitative estimate of drug-likeness (QED) is 0.458. The summed E-state index contributed by atoms with van der Waals surface area (Å²) >= 11 is 3.55. The molecular weight excluding hydrogens is 480 g/mol. The van der Waals surface area contributed by atoms with Crippen LogP contribution < -0.4 is 10.1 Å². The molecule has 1 atom stereocenters. The van der Waals surface area contributed by atoms with Gasteiger partial charge >= 0.3 is 0 Å². The predicted octanol–water partition coefficient (Wildman–Crippen LogP) is 5.82. The summed E-state index contributed by atoms with van der Waals surface area (Å²) in [6.45, 7) is 6.29. The second-order valence-corrected chi connectivity index (χ2v) is 10.0. The van der Waals surface area contributed by atoms with E-state index in [1.165, 1.54) is 12.0 Å². The van der Waals surface area contributed by atoms with Crippen LogP contribution in [0.5, 0.6) is 5.75 Å². The maximum absolute atomic E-state index is 13.3. The minimum atomic E-state index is -0.588. The summed E-state index contributed by atoms with van der Waals surface area (Å²) in [4.78, 5) is 27.9. The van der Waals surface area contributed by atoms with E-state index < -0.39 is 6.04 Å². The molecule has 2 aromatic rings. The third-order valence-electron chi connectivity index (χ3n) is 6.29. The van der Waals surface area contributed by atoms with Crippen molar-refractivity contribution in [3.05, 3.63) is 64.1 Å². The monoisotopic (exact) mass is 514 g/mol. The molecule has 0 unspecified atom stereocenters. The average Bonchev–Trinajstić information content (AvgIpc) is 2.82. The van der Waals surface area contributed by atoms with Gasteiger partial charge in [-0.05, 0) is 64.9 Å². The topological polar surface area (TPSA) is 58.6 Å². The molecule has 0 saturated heterocycles. The van der Waals surface area contributed by atoms with Crippen molar-refractivity contribution in [2.24, 2.45) is 0 Å². The molecule has 0 aliphatic heterocycles. The molecule has 1 aliphatic carbocycles. The van der Waals surface area contributed by atoms with Crippen molar-refractivity contribution in [2.75, 3.05) is 6.61 Å². The van der Waals surface area contributed by atoms with Crippen LogP contribution in [0, 0.1) is 0 Å². The maximum atomic E-state index is 13.3. The summed E-state index contributed by atoms with van der Waals surface area (Å²) < 4.78 is 6.68. The second kappa shape index (κ2) is 12.2. The third-order valence-corrected chi connectivity index (χ3v) is 6.91. The molecule has 5 nitrogen and oxygen atoms in total. The summed E-state index contributed by atoms with van der Waals surface area (Å²) in [6, 6.07) is 15.3. The van der Waals surface area contributed by atoms with Gasteiger partial charge in [-0.3, -0.25) is 9.59 Å². The fraction of sp³-hybridized carbons (Fsp3) is 0.481. The Morgan fingerprint density at radius 1 is 1.06 bits per heavy atom. The molecule has 1 aliphatic rings. The Labute approximate surface area is 206 Å². The standard InChI is InChI=1S/C27H35BrN2O3/c1-19(2)22-14-15-25(24(28)16-22)33-18-26(31)30(17-21-10-6-4-7-11-21)20(3)27(32)29-23-12-8-5-9-13-23/h4,6-7,10-11,14-16,19-20,23H,5,8-9,12-13,17-18H2,1-3H3,(H,29,32)/t20-/m0/s1. The van der Waals surface area contributed by atoms with E-state index in [9.17, 15) is 9.59 Å². The molecule has 6 heteroatoms. The molecule has 1 saturated carbocycles. The number of nitrogens with one attached hydrogen (secondary N) is 1. The fourth-order valence-electron chi connectivity index (χ4n) is 4.15. The Morgan fingerprint density at radius 3 is 2.39 bits per heavy atom. The van der Waals surface area contributed by atoms with Crippen LogP contribution >= 0.6 is 15.9 Å². The minimum absolute atomic E-state index is 0.103. The van der Waals surface area contributed by atoms with Crippen molar-refractivity contribution >= 4 is 27.7 Å². The van der Waals surface area contributed by atoms with Crippen LogP contribution in [0.4, 0.5) is 0 Å². The lowest BCUT2D eigenvalue weighted by Gasteiger charge is -2.31. The molecule has 3 rings (SSSR count). The van der Waals surface area contributed by atoms with Crippen molar-refractivity contribution in [1.29, 1.82) is 0 Å². The van der Waals surface area contributed by atoms with Gasteiger partial charge in [-0.25, -0.2) is 0 Å². The SMILES string of the molecule is CC(C)c1ccc(OCC(=O)N(Cc2ccccc2)[C@@H](C)C(=O)NC2CCCCC2)c(Br)c1. The average molecular weight is 515 g/mol. The first-order valence-electron chi connectivity index (χ1n) is 11.9. The highest BCUT2D eigenvalue weighted by atomic mass is 79.9. The number of halogens is 1. The summed E-state index contributed by atoms with van der Waals surface area (Å²) in [7, 11) is 0. The van der Waals surface area contributed by atoms with E-state index in [1.807, 2.05) is 48.5 Å². The van der Waals surface area contributed by atoms with E-state index in [1.54, 1.807) is 11.8 Å². The first kappa shape index (κ1) is 25.3. The lowest BCUT2D eigenvalue weighted by Crippen LogP contribution is -2.51. The van der Waals surface area contributed by atoms with Gasteiger partial charge < -0.3 is 15.0 Å². The third kappa shape index (κ3) is 7.32. The molecule has 0 spiro atoms. The molecule has 1 fully saturated rings. The number of amides is 2. The summed E-state index contributed by atoms with van der Waals surface area (Å²) in [5, 5.41) is 3.16. The number of carbonyl (C=O) groups is 2. The Morgan fingerprint density at radius 2 is 1.76 bits per heavy atom. The maximum Gasteiger partial charge on any atom is 0.261 e.